The summed E-state index contributed by atoms with van der Waals surface area (Å²) >= 11 is 0. The zero-order chi connectivity index (χ0) is 10.7. The molecule has 0 radical (unpaired) electrons. The highest BCUT2D eigenvalue weighted by atomic mass is 35.5. The average molecular weight is 312 g/mol. The Morgan fingerprint density at radius 1 is 1.28 bits per heavy atom. The Labute approximate surface area is 126 Å². The van der Waals surface area contributed by atoms with Gasteiger partial charge in [0, 0.05) is 25.3 Å². The fourth-order valence-electron chi connectivity index (χ4n) is 1.85. The van der Waals surface area contributed by atoms with Gasteiger partial charge in [-0.25, -0.2) is 4.98 Å². The van der Waals surface area contributed by atoms with Crippen LogP contribution in [0.5, 0.6) is 0 Å². The summed E-state index contributed by atoms with van der Waals surface area (Å²) in [6.07, 6.45) is 3.67. The van der Waals surface area contributed by atoms with Crippen molar-refractivity contribution >= 4 is 43.0 Å². The molecule has 4 nitrogen and oxygen atoms in total. The van der Waals surface area contributed by atoms with Gasteiger partial charge in [0.05, 0.1) is 5.56 Å². The van der Waals surface area contributed by atoms with Crippen LogP contribution in [0.15, 0.2) is 18.3 Å². The van der Waals surface area contributed by atoms with Crippen molar-refractivity contribution in [3.63, 3.8) is 0 Å². The van der Waals surface area contributed by atoms with Gasteiger partial charge in [-0.15, -0.1) is 37.2 Å². The van der Waals surface area contributed by atoms with Gasteiger partial charge in [0.15, 0.2) is 0 Å². The van der Waals surface area contributed by atoms with Crippen LogP contribution in [0, 0.1) is 11.3 Å². The van der Waals surface area contributed by atoms with Crippen LogP contribution in [0.25, 0.3) is 0 Å². The first-order valence-electron chi connectivity index (χ1n) is 5.17. The van der Waals surface area contributed by atoms with Gasteiger partial charge in [0.25, 0.3) is 0 Å². The monoisotopic (exact) mass is 310 g/mol. The lowest BCUT2D eigenvalue weighted by Crippen LogP contribution is -2.40. The highest BCUT2D eigenvalue weighted by molar-refractivity contribution is 5.86. The third kappa shape index (κ3) is 4.51. The number of halogens is 3. The van der Waals surface area contributed by atoms with E-state index >= 15 is 0 Å². The van der Waals surface area contributed by atoms with Crippen LogP contribution in [0.1, 0.15) is 18.4 Å². The number of nitriles is 1. The fourth-order valence-corrected chi connectivity index (χ4v) is 1.85. The minimum Gasteiger partial charge on any atom is -0.355 e. The SMILES string of the molecule is Cl.Cl.Cl.N#Cc1cccnc1N1CCC(N)CC1. The van der Waals surface area contributed by atoms with Crippen LogP contribution >= 0.6 is 37.2 Å². The molecule has 1 fully saturated rings. The van der Waals surface area contributed by atoms with Crippen molar-refractivity contribution < 1.29 is 0 Å². The second kappa shape index (κ2) is 9.23. The Hall–Kier alpha value is -0.730. The Balaban J connectivity index is 0. The number of rotatable bonds is 1. The molecule has 1 aliphatic heterocycles. The number of nitrogens with zero attached hydrogens (tertiary/aromatic N) is 3. The van der Waals surface area contributed by atoms with E-state index < -0.39 is 0 Å². The predicted octanol–water partition coefficient (Wildman–Crippen LogP) is 2.15. The van der Waals surface area contributed by atoms with Crippen molar-refractivity contribution in [2.24, 2.45) is 5.73 Å². The number of pyridine rings is 1. The van der Waals surface area contributed by atoms with E-state index in [9.17, 15) is 0 Å². The summed E-state index contributed by atoms with van der Waals surface area (Å²) < 4.78 is 0. The molecule has 1 aromatic heterocycles. The maximum absolute atomic E-state index is 8.96. The van der Waals surface area contributed by atoms with E-state index in [4.69, 9.17) is 11.0 Å². The molecule has 18 heavy (non-hydrogen) atoms. The molecule has 0 bridgehead atoms. The molecular weight excluding hydrogens is 295 g/mol. The summed E-state index contributed by atoms with van der Waals surface area (Å²) in [5.41, 5.74) is 6.48. The Morgan fingerprint density at radius 2 is 1.89 bits per heavy atom. The van der Waals surface area contributed by atoms with Crippen LogP contribution in [-0.4, -0.2) is 24.1 Å². The van der Waals surface area contributed by atoms with E-state index in [0.717, 1.165) is 31.7 Å². The van der Waals surface area contributed by atoms with E-state index in [1.165, 1.54) is 0 Å². The first-order valence-corrected chi connectivity index (χ1v) is 5.17. The minimum atomic E-state index is 0. The molecule has 0 aromatic carbocycles. The number of piperidine rings is 1. The molecule has 0 spiro atoms. The standard InChI is InChI=1S/C11H14N4.3ClH/c12-8-9-2-1-5-14-11(9)15-6-3-10(13)4-7-15;;;/h1-2,5,10H,3-4,6-7,13H2;3*1H. The normalized spacial score (nSPS) is 14.6. The molecule has 7 heteroatoms. The zero-order valence-corrected chi connectivity index (χ0v) is 12.2. The topological polar surface area (TPSA) is 65.9 Å². The van der Waals surface area contributed by atoms with Crippen molar-refractivity contribution in [2.75, 3.05) is 18.0 Å². The lowest BCUT2D eigenvalue weighted by Gasteiger charge is -2.31. The molecule has 0 aliphatic carbocycles. The van der Waals surface area contributed by atoms with Crippen LogP contribution in [0.4, 0.5) is 5.82 Å². The van der Waals surface area contributed by atoms with Crippen LogP contribution in [0.3, 0.4) is 0 Å². The number of anilines is 1. The molecule has 1 aliphatic rings. The second-order valence-corrected chi connectivity index (χ2v) is 3.81. The Bertz CT molecular complexity index is 386. The van der Waals surface area contributed by atoms with Crippen LogP contribution in [-0.2, 0) is 0 Å². The van der Waals surface area contributed by atoms with Crippen LogP contribution < -0.4 is 10.6 Å². The van der Waals surface area contributed by atoms with E-state index in [1.54, 1.807) is 18.3 Å². The van der Waals surface area contributed by atoms with Gasteiger partial charge in [0.2, 0.25) is 0 Å². The summed E-state index contributed by atoms with van der Waals surface area (Å²) in [6.45, 7) is 1.79. The van der Waals surface area contributed by atoms with E-state index in [-0.39, 0.29) is 37.2 Å². The van der Waals surface area contributed by atoms with Gasteiger partial charge in [-0.1, -0.05) is 0 Å². The molecule has 0 amide bonds. The lowest BCUT2D eigenvalue weighted by molar-refractivity contribution is 0.498. The second-order valence-electron chi connectivity index (χ2n) is 3.81. The highest BCUT2D eigenvalue weighted by Crippen LogP contribution is 2.20. The summed E-state index contributed by atoms with van der Waals surface area (Å²) in [5, 5.41) is 8.96. The molecule has 0 unspecified atom stereocenters. The lowest BCUT2D eigenvalue weighted by atomic mass is 10.1. The van der Waals surface area contributed by atoms with Crippen molar-refractivity contribution in [1.29, 1.82) is 5.26 Å². The molecule has 2 N–H and O–H groups in total. The number of nitrogens with two attached hydrogens (primary N) is 1. The molecule has 0 atom stereocenters. The maximum atomic E-state index is 8.96. The van der Waals surface area contributed by atoms with Gasteiger partial charge in [-0.2, -0.15) is 5.26 Å². The predicted molar refractivity (Wildman–Crippen MR) is 80.1 cm³/mol. The largest absolute Gasteiger partial charge is 0.355 e. The molecule has 2 rings (SSSR count). The minimum absolute atomic E-state index is 0. The van der Waals surface area contributed by atoms with E-state index in [1.807, 2.05) is 0 Å². The van der Waals surface area contributed by atoms with Crippen LogP contribution in [0.2, 0.25) is 0 Å². The third-order valence-electron chi connectivity index (χ3n) is 2.75. The molecule has 102 valence electrons. The summed E-state index contributed by atoms with van der Waals surface area (Å²) in [5.74, 6) is 0.798. The van der Waals surface area contributed by atoms with Crippen molar-refractivity contribution in [3.8, 4) is 6.07 Å². The van der Waals surface area contributed by atoms with Gasteiger partial charge >= 0.3 is 0 Å². The highest BCUT2D eigenvalue weighted by Gasteiger charge is 2.19. The first kappa shape index (κ1) is 19.6. The number of hydrogen-bond acceptors (Lipinski definition) is 4. The molecule has 1 saturated heterocycles. The number of hydrogen-bond donors (Lipinski definition) is 1. The smallest absolute Gasteiger partial charge is 0.146 e. The third-order valence-corrected chi connectivity index (χ3v) is 2.75. The molecule has 2 heterocycles. The molecule has 0 saturated carbocycles. The van der Waals surface area contributed by atoms with Gasteiger partial charge in [0.1, 0.15) is 11.9 Å². The summed E-state index contributed by atoms with van der Waals surface area (Å²) in [6, 6.07) is 6.06. The molecular formula is C11H17Cl3N4. The van der Waals surface area contributed by atoms with Crippen molar-refractivity contribution in [1.82, 2.24) is 4.98 Å². The zero-order valence-electron chi connectivity index (χ0n) is 9.78. The number of aromatic nitrogens is 1. The molecule has 1 aromatic rings. The van der Waals surface area contributed by atoms with Gasteiger partial charge in [-0.3, -0.25) is 0 Å². The van der Waals surface area contributed by atoms with Crippen molar-refractivity contribution in [2.45, 2.75) is 18.9 Å². The Kier molecular flexibility index (Phi) is 10.1. The van der Waals surface area contributed by atoms with E-state index in [0.29, 0.717) is 11.6 Å². The fraction of sp³-hybridized carbons (Fsp3) is 0.455. The summed E-state index contributed by atoms with van der Waals surface area (Å²) in [4.78, 5) is 6.40. The van der Waals surface area contributed by atoms with Gasteiger partial charge < -0.3 is 10.6 Å². The van der Waals surface area contributed by atoms with Gasteiger partial charge in [-0.05, 0) is 25.0 Å². The van der Waals surface area contributed by atoms with E-state index in [2.05, 4.69) is 16.0 Å². The summed E-state index contributed by atoms with van der Waals surface area (Å²) in [7, 11) is 0. The Morgan fingerprint density at radius 3 is 2.44 bits per heavy atom. The quantitative estimate of drug-likeness (QED) is 0.863. The van der Waals surface area contributed by atoms with Crippen molar-refractivity contribution in [3.05, 3.63) is 23.9 Å². The maximum Gasteiger partial charge on any atom is 0.146 e. The average Bonchev–Trinajstić information content (AvgIpc) is 2.30. The first-order chi connectivity index (χ1) is 7.31.